The first-order valence-electron chi connectivity index (χ1n) is 7.19. The van der Waals surface area contributed by atoms with Crippen LogP contribution in [0.1, 0.15) is 25.3 Å². The lowest BCUT2D eigenvalue weighted by Gasteiger charge is -2.31. The van der Waals surface area contributed by atoms with E-state index in [0.29, 0.717) is 19.6 Å². The number of likely N-dealkylation sites (tertiary alicyclic amines) is 1. The van der Waals surface area contributed by atoms with Gasteiger partial charge in [0.1, 0.15) is 0 Å². The third-order valence-electron chi connectivity index (χ3n) is 3.59. The maximum absolute atomic E-state index is 12.3. The first-order chi connectivity index (χ1) is 9.70. The second kappa shape index (κ2) is 7.08. The number of rotatable bonds is 4. The van der Waals surface area contributed by atoms with E-state index >= 15 is 0 Å². The van der Waals surface area contributed by atoms with Gasteiger partial charge < -0.3 is 9.64 Å². The monoisotopic (exact) mass is 275 g/mol. The molecule has 20 heavy (non-hydrogen) atoms. The summed E-state index contributed by atoms with van der Waals surface area (Å²) in [6.07, 6.45) is 2.08. The molecule has 0 spiro atoms. The Kier molecular flexibility index (Phi) is 5.16. The van der Waals surface area contributed by atoms with Crippen LogP contribution in [0.25, 0.3) is 0 Å². The molecule has 1 aromatic rings. The molecule has 1 heterocycles. The lowest BCUT2D eigenvalue weighted by Crippen LogP contribution is -2.43. The average molecular weight is 275 g/mol. The van der Waals surface area contributed by atoms with E-state index in [0.717, 1.165) is 24.9 Å². The predicted octanol–water partition coefficient (Wildman–Crippen LogP) is 2.03. The fourth-order valence-corrected chi connectivity index (χ4v) is 2.54. The summed E-state index contributed by atoms with van der Waals surface area (Å²) in [6.45, 7) is 3.43. The highest BCUT2D eigenvalue weighted by Gasteiger charge is 2.29. The van der Waals surface area contributed by atoms with Crippen molar-refractivity contribution < 1.29 is 14.3 Å². The number of carbonyl (C=O) groups is 2. The van der Waals surface area contributed by atoms with Gasteiger partial charge in [-0.15, -0.1) is 0 Å². The van der Waals surface area contributed by atoms with Crippen molar-refractivity contribution in [3.05, 3.63) is 35.9 Å². The van der Waals surface area contributed by atoms with E-state index in [9.17, 15) is 9.59 Å². The van der Waals surface area contributed by atoms with Crippen LogP contribution in [0, 0.1) is 5.92 Å². The summed E-state index contributed by atoms with van der Waals surface area (Å²) < 4.78 is 5.05. The van der Waals surface area contributed by atoms with Gasteiger partial charge in [0.2, 0.25) is 5.91 Å². The van der Waals surface area contributed by atoms with Crippen molar-refractivity contribution in [2.75, 3.05) is 19.7 Å². The summed E-state index contributed by atoms with van der Waals surface area (Å²) >= 11 is 0. The third kappa shape index (κ3) is 3.83. The molecule has 108 valence electrons. The smallest absolute Gasteiger partial charge is 0.310 e. The van der Waals surface area contributed by atoms with Gasteiger partial charge in [0.05, 0.1) is 18.9 Å². The van der Waals surface area contributed by atoms with Crippen LogP contribution in [0.4, 0.5) is 0 Å². The summed E-state index contributed by atoms with van der Waals surface area (Å²) in [7, 11) is 0. The molecule has 1 aliphatic rings. The number of nitrogens with zero attached hydrogens (tertiary/aromatic N) is 1. The van der Waals surface area contributed by atoms with Crippen LogP contribution in [0.15, 0.2) is 30.3 Å². The molecule has 1 saturated heterocycles. The Morgan fingerprint density at radius 2 is 2.05 bits per heavy atom. The van der Waals surface area contributed by atoms with Crippen molar-refractivity contribution in [2.45, 2.75) is 26.2 Å². The molecule has 4 heteroatoms. The van der Waals surface area contributed by atoms with Gasteiger partial charge in [-0.05, 0) is 25.3 Å². The summed E-state index contributed by atoms with van der Waals surface area (Å²) in [5.74, 6) is -0.252. The zero-order chi connectivity index (χ0) is 14.4. The number of hydrogen-bond acceptors (Lipinski definition) is 3. The standard InChI is InChI=1S/C16H21NO3/c1-2-20-16(19)14-9-6-10-17(12-14)15(18)11-13-7-4-3-5-8-13/h3-5,7-8,14H,2,6,9-12H2,1H3. The van der Waals surface area contributed by atoms with Crippen LogP contribution >= 0.6 is 0 Å². The zero-order valence-electron chi connectivity index (χ0n) is 11.9. The van der Waals surface area contributed by atoms with Crippen LogP contribution in [-0.2, 0) is 20.7 Å². The van der Waals surface area contributed by atoms with Crippen molar-refractivity contribution in [1.82, 2.24) is 4.90 Å². The molecular weight excluding hydrogens is 254 g/mol. The lowest BCUT2D eigenvalue weighted by atomic mass is 9.97. The maximum Gasteiger partial charge on any atom is 0.310 e. The first kappa shape index (κ1) is 14.6. The van der Waals surface area contributed by atoms with Crippen LogP contribution in [-0.4, -0.2) is 36.5 Å². The van der Waals surface area contributed by atoms with Crippen molar-refractivity contribution in [3.63, 3.8) is 0 Å². The molecule has 0 N–H and O–H groups in total. The van der Waals surface area contributed by atoms with Gasteiger partial charge in [0.15, 0.2) is 0 Å². The second-order valence-electron chi connectivity index (χ2n) is 5.09. The fraction of sp³-hybridized carbons (Fsp3) is 0.500. The number of esters is 1. The second-order valence-corrected chi connectivity index (χ2v) is 5.09. The van der Waals surface area contributed by atoms with E-state index in [4.69, 9.17) is 4.74 Å². The highest BCUT2D eigenvalue weighted by atomic mass is 16.5. The maximum atomic E-state index is 12.3. The molecule has 4 nitrogen and oxygen atoms in total. The molecular formula is C16H21NO3. The van der Waals surface area contributed by atoms with Crippen molar-refractivity contribution >= 4 is 11.9 Å². The minimum Gasteiger partial charge on any atom is -0.466 e. The first-order valence-corrected chi connectivity index (χ1v) is 7.19. The summed E-state index contributed by atoms with van der Waals surface area (Å²) in [4.78, 5) is 25.8. The van der Waals surface area contributed by atoms with E-state index in [1.54, 1.807) is 11.8 Å². The highest BCUT2D eigenvalue weighted by Crippen LogP contribution is 2.19. The van der Waals surface area contributed by atoms with Crippen LogP contribution in [0.2, 0.25) is 0 Å². The Labute approximate surface area is 119 Å². The molecule has 0 aromatic heterocycles. The molecule has 2 rings (SSSR count). The number of amides is 1. The summed E-state index contributed by atoms with van der Waals surface area (Å²) in [5.41, 5.74) is 1.01. The Morgan fingerprint density at radius 3 is 2.75 bits per heavy atom. The molecule has 1 unspecified atom stereocenters. The van der Waals surface area contributed by atoms with E-state index in [1.807, 2.05) is 30.3 Å². The Balaban J connectivity index is 1.91. The third-order valence-corrected chi connectivity index (χ3v) is 3.59. The van der Waals surface area contributed by atoms with E-state index in [-0.39, 0.29) is 17.8 Å². The van der Waals surface area contributed by atoms with Gasteiger partial charge in [0.25, 0.3) is 0 Å². The van der Waals surface area contributed by atoms with Gasteiger partial charge in [-0.1, -0.05) is 30.3 Å². The molecule has 1 fully saturated rings. The molecule has 1 amide bonds. The minimum atomic E-state index is -0.176. The normalized spacial score (nSPS) is 18.6. The predicted molar refractivity (Wildman–Crippen MR) is 76.1 cm³/mol. The molecule has 1 aliphatic heterocycles. The summed E-state index contributed by atoms with van der Waals surface area (Å²) in [6, 6.07) is 9.70. The largest absolute Gasteiger partial charge is 0.466 e. The van der Waals surface area contributed by atoms with E-state index in [2.05, 4.69) is 0 Å². The van der Waals surface area contributed by atoms with E-state index < -0.39 is 0 Å². The molecule has 0 radical (unpaired) electrons. The quantitative estimate of drug-likeness (QED) is 0.790. The fourth-order valence-electron chi connectivity index (χ4n) is 2.54. The zero-order valence-corrected chi connectivity index (χ0v) is 11.9. The molecule has 1 aromatic carbocycles. The Morgan fingerprint density at radius 1 is 1.30 bits per heavy atom. The average Bonchev–Trinajstić information content (AvgIpc) is 2.48. The molecule has 0 saturated carbocycles. The molecule has 0 bridgehead atoms. The van der Waals surface area contributed by atoms with Crippen LogP contribution in [0.3, 0.4) is 0 Å². The van der Waals surface area contributed by atoms with E-state index in [1.165, 1.54) is 0 Å². The van der Waals surface area contributed by atoms with Crippen molar-refractivity contribution in [2.24, 2.45) is 5.92 Å². The van der Waals surface area contributed by atoms with Gasteiger partial charge in [0, 0.05) is 13.1 Å². The summed E-state index contributed by atoms with van der Waals surface area (Å²) in [5, 5.41) is 0. The number of piperidine rings is 1. The minimum absolute atomic E-state index is 0.0881. The number of carbonyl (C=O) groups excluding carboxylic acids is 2. The van der Waals surface area contributed by atoms with Crippen LogP contribution in [0.5, 0.6) is 0 Å². The van der Waals surface area contributed by atoms with Gasteiger partial charge in [-0.3, -0.25) is 9.59 Å². The lowest BCUT2D eigenvalue weighted by molar-refractivity contribution is -0.151. The highest BCUT2D eigenvalue weighted by molar-refractivity contribution is 5.80. The van der Waals surface area contributed by atoms with Gasteiger partial charge >= 0.3 is 5.97 Å². The molecule has 0 aliphatic carbocycles. The van der Waals surface area contributed by atoms with Gasteiger partial charge in [-0.25, -0.2) is 0 Å². The Hall–Kier alpha value is -1.84. The van der Waals surface area contributed by atoms with Crippen molar-refractivity contribution in [3.8, 4) is 0 Å². The van der Waals surface area contributed by atoms with Crippen LogP contribution < -0.4 is 0 Å². The Bertz CT molecular complexity index is 458. The number of ether oxygens (including phenoxy) is 1. The topological polar surface area (TPSA) is 46.6 Å². The number of hydrogen-bond donors (Lipinski definition) is 0. The molecule has 1 atom stereocenters. The SMILES string of the molecule is CCOC(=O)C1CCCN(C(=O)Cc2ccccc2)C1. The van der Waals surface area contributed by atoms with Gasteiger partial charge in [-0.2, -0.15) is 0 Å². The van der Waals surface area contributed by atoms with Crippen molar-refractivity contribution in [1.29, 1.82) is 0 Å². The number of benzene rings is 1.